The quantitative estimate of drug-likeness (QED) is 0.861. The van der Waals surface area contributed by atoms with Crippen LogP contribution in [0.3, 0.4) is 0 Å². The first-order valence-corrected chi connectivity index (χ1v) is 8.84. The van der Waals surface area contributed by atoms with Gasteiger partial charge in [0.1, 0.15) is 5.69 Å². The molecule has 1 aliphatic carbocycles. The molecule has 1 saturated carbocycles. The summed E-state index contributed by atoms with van der Waals surface area (Å²) in [6.45, 7) is 9.70. The molecule has 0 unspecified atom stereocenters. The highest BCUT2D eigenvalue weighted by atomic mass is 16.5. The molecule has 1 spiro atoms. The summed E-state index contributed by atoms with van der Waals surface area (Å²) in [5.74, 6) is -0.117. The van der Waals surface area contributed by atoms with Crippen LogP contribution < -0.4 is 10.6 Å². The second kappa shape index (κ2) is 4.99. The highest BCUT2D eigenvalue weighted by molar-refractivity contribution is 5.94. The smallest absolute Gasteiger partial charge is 0.272 e. The third kappa shape index (κ3) is 2.12. The molecule has 130 valence electrons. The zero-order valence-electron chi connectivity index (χ0n) is 15.0. The van der Waals surface area contributed by atoms with Crippen LogP contribution in [0, 0.1) is 20.8 Å². The van der Waals surface area contributed by atoms with E-state index in [0.29, 0.717) is 11.4 Å². The number of rotatable bonds is 2. The summed E-state index contributed by atoms with van der Waals surface area (Å²) in [7, 11) is 0. The number of aromatic nitrogens is 2. The average molecular weight is 330 g/mol. The highest BCUT2D eigenvalue weighted by Gasteiger charge is 2.73. The molecule has 1 aromatic heterocycles. The Balaban J connectivity index is 1.63. The maximum atomic E-state index is 13.0. The minimum atomic E-state index is -0.256. The van der Waals surface area contributed by atoms with Crippen LogP contribution in [-0.2, 0) is 4.74 Å². The first kappa shape index (κ1) is 16.0. The molecule has 0 aromatic carbocycles. The van der Waals surface area contributed by atoms with E-state index in [1.165, 1.54) is 0 Å². The molecule has 1 aromatic rings. The van der Waals surface area contributed by atoms with Gasteiger partial charge in [0.2, 0.25) is 0 Å². The second-order valence-corrected chi connectivity index (χ2v) is 8.01. The number of nitrogens with zero attached hydrogens (tertiary/aromatic N) is 2. The molecule has 4 aliphatic rings. The number of amides is 1. The Bertz CT molecular complexity index is 703. The lowest BCUT2D eigenvalue weighted by molar-refractivity contribution is -0.0748. The molecular weight excluding hydrogens is 304 g/mol. The van der Waals surface area contributed by atoms with Crippen molar-refractivity contribution in [3.05, 3.63) is 22.8 Å². The first-order chi connectivity index (χ1) is 11.3. The van der Waals surface area contributed by atoms with Gasteiger partial charge in [0.25, 0.3) is 5.91 Å². The molecule has 2 bridgehead atoms. The lowest BCUT2D eigenvalue weighted by Gasteiger charge is -2.49. The Hall–Kier alpha value is -1.53. The number of carbonyl (C=O) groups excluding carboxylic acids is 1. The molecule has 0 radical (unpaired) electrons. The van der Waals surface area contributed by atoms with Crippen molar-refractivity contribution in [1.29, 1.82) is 0 Å². The lowest BCUT2D eigenvalue weighted by Crippen LogP contribution is -2.67. The second-order valence-electron chi connectivity index (χ2n) is 8.01. The van der Waals surface area contributed by atoms with Crippen molar-refractivity contribution in [3.63, 3.8) is 0 Å². The van der Waals surface area contributed by atoms with E-state index in [2.05, 4.69) is 27.5 Å². The predicted octanol–water partition coefficient (Wildman–Crippen LogP) is 1.58. The fourth-order valence-electron chi connectivity index (χ4n) is 5.01. The van der Waals surface area contributed by atoms with Crippen molar-refractivity contribution in [2.24, 2.45) is 0 Å². The molecule has 6 heteroatoms. The van der Waals surface area contributed by atoms with Gasteiger partial charge in [0.05, 0.1) is 33.8 Å². The normalized spacial score (nSPS) is 33.3. The maximum absolute atomic E-state index is 13.0. The van der Waals surface area contributed by atoms with E-state index in [1.807, 2.05) is 20.8 Å². The Labute approximate surface area is 142 Å². The summed E-state index contributed by atoms with van der Waals surface area (Å²) in [4.78, 5) is 21.9. The van der Waals surface area contributed by atoms with Gasteiger partial charge in [0, 0.05) is 12.8 Å². The van der Waals surface area contributed by atoms with Crippen molar-refractivity contribution in [2.45, 2.75) is 70.1 Å². The fourth-order valence-corrected chi connectivity index (χ4v) is 5.01. The van der Waals surface area contributed by atoms with Crippen LogP contribution in [-0.4, -0.2) is 45.7 Å². The molecule has 3 aliphatic heterocycles. The minimum absolute atomic E-state index is 0.0888. The van der Waals surface area contributed by atoms with Gasteiger partial charge in [0.15, 0.2) is 0 Å². The number of carbonyl (C=O) groups is 1. The van der Waals surface area contributed by atoms with E-state index in [9.17, 15) is 4.79 Å². The largest absolute Gasteiger partial charge is 0.366 e. The molecule has 1 amide bonds. The zero-order chi connectivity index (χ0) is 17.2. The van der Waals surface area contributed by atoms with Crippen LogP contribution in [0.2, 0.25) is 0 Å². The summed E-state index contributed by atoms with van der Waals surface area (Å²) >= 11 is 0. The van der Waals surface area contributed by atoms with E-state index < -0.39 is 0 Å². The standard InChI is InChI=1S/C18H26N4O2/c1-11-12(2)21-14(13(3)20-11)15(23)22-17-9-16(4,10-17)24-18(17)5-7-19-8-6-18/h19H,5-10H2,1-4H3,(H,22,23). The van der Waals surface area contributed by atoms with E-state index >= 15 is 0 Å². The van der Waals surface area contributed by atoms with Gasteiger partial charge >= 0.3 is 0 Å². The van der Waals surface area contributed by atoms with Crippen LogP contribution in [0.5, 0.6) is 0 Å². The van der Waals surface area contributed by atoms with Gasteiger partial charge < -0.3 is 15.4 Å². The third-order valence-corrected chi connectivity index (χ3v) is 6.13. The van der Waals surface area contributed by atoms with Crippen molar-refractivity contribution < 1.29 is 9.53 Å². The Morgan fingerprint density at radius 2 is 1.71 bits per heavy atom. The average Bonchev–Trinajstić information content (AvgIpc) is 2.84. The SMILES string of the molecule is Cc1nc(C)c(C(=O)NC23CC(C)(C2)OC32CCNCC2)nc1C. The van der Waals surface area contributed by atoms with Crippen LogP contribution in [0.25, 0.3) is 0 Å². The number of ether oxygens (including phenoxy) is 1. The van der Waals surface area contributed by atoms with Crippen molar-refractivity contribution >= 4 is 5.91 Å². The zero-order valence-corrected chi connectivity index (χ0v) is 15.0. The van der Waals surface area contributed by atoms with E-state index in [-0.39, 0.29) is 22.6 Å². The topological polar surface area (TPSA) is 76.1 Å². The molecule has 6 nitrogen and oxygen atoms in total. The Morgan fingerprint density at radius 1 is 1.08 bits per heavy atom. The monoisotopic (exact) mass is 330 g/mol. The number of aryl methyl sites for hydroxylation is 3. The van der Waals surface area contributed by atoms with Crippen molar-refractivity contribution in [1.82, 2.24) is 20.6 Å². The molecule has 5 rings (SSSR count). The van der Waals surface area contributed by atoms with Gasteiger partial charge in [-0.25, -0.2) is 4.98 Å². The Kier molecular flexibility index (Phi) is 3.32. The summed E-state index contributed by atoms with van der Waals surface area (Å²) in [5.41, 5.74) is 2.23. The molecule has 24 heavy (non-hydrogen) atoms. The van der Waals surface area contributed by atoms with E-state index in [1.54, 1.807) is 0 Å². The van der Waals surface area contributed by atoms with Crippen LogP contribution in [0.1, 0.15) is 60.2 Å². The number of hydrogen-bond acceptors (Lipinski definition) is 5. The minimum Gasteiger partial charge on any atom is -0.366 e. The summed E-state index contributed by atoms with van der Waals surface area (Å²) in [6.07, 6.45) is 3.67. The summed E-state index contributed by atoms with van der Waals surface area (Å²) in [5, 5.41) is 6.71. The fraction of sp³-hybridized carbons (Fsp3) is 0.722. The van der Waals surface area contributed by atoms with Crippen LogP contribution >= 0.6 is 0 Å². The third-order valence-electron chi connectivity index (χ3n) is 6.13. The van der Waals surface area contributed by atoms with Gasteiger partial charge in [-0.05, 0) is 53.6 Å². The number of piperidine rings is 1. The van der Waals surface area contributed by atoms with Gasteiger partial charge in [-0.2, -0.15) is 0 Å². The predicted molar refractivity (Wildman–Crippen MR) is 90.0 cm³/mol. The van der Waals surface area contributed by atoms with Crippen LogP contribution in [0.15, 0.2) is 0 Å². The molecule has 2 N–H and O–H groups in total. The first-order valence-electron chi connectivity index (χ1n) is 8.84. The van der Waals surface area contributed by atoms with E-state index in [0.717, 1.165) is 50.2 Å². The summed E-state index contributed by atoms with van der Waals surface area (Å²) in [6, 6.07) is 0. The molecule has 0 atom stereocenters. The molecule has 4 heterocycles. The lowest BCUT2D eigenvalue weighted by atomic mass is 9.60. The van der Waals surface area contributed by atoms with Gasteiger partial charge in [-0.1, -0.05) is 0 Å². The number of nitrogens with one attached hydrogen (secondary N) is 2. The van der Waals surface area contributed by atoms with Crippen molar-refractivity contribution in [3.8, 4) is 0 Å². The van der Waals surface area contributed by atoms with Gasteiger partial charge in [-0.3, -0.25) is 9.78 Å². The molecule has 4 fully saturated rings. The summed E-state index contributed by atoms with van der Waals surface area (Å²) < 4.78 is 6.47. The van der Waals surface area contributed by atoms with Crippen LogP contribution in [0.4, 0.5) is 0 Å². The Morgan fingerprint density at radius 3 is 2.38 bits per heavy atom. The maximum Gasteiger partial charge on any atom is 0.272 e. The van der Waals surface area contributed by atoms with Crippen molar-refractivity contribution in [2.75, 3.05) is 13.1 Å². The highest BCUT2D eigenvalue weighted by Crippen LogP contribution is 2.63. The van der Waals surface area contributed by atoms with E-state index in [4.69, 9.17) is 4.74 Å². The molecular formula is C18H26N4O2. The molecule has 3 saturated heterocycles. The van der Waals surface area contributed by atoms with Gasteiger partial charge in [-0.15, -0.1) is 0 Å². The number of hydrogen-bond donors (Lipinski definition) is 2.